The number of aromatic nitrogens is 2. The van der Waals surface area contributed by atoms with E-state index in [0.717, 1.165) is 11.1 Å². The maximum atomic E-state index is 11.9. The molecule has 0 saturated carbocycles. The summed E-state index contributed by atoms with van der Waals surface area (Å²) in [5.74, 6) is 0.894. The third kappa shape index (κ3) is 6.10. The molecular weight excluding hydrogens is 410 g/mol. The van der Waals surface area contributed by atoms with Gasteiger partial charge in [0.2, 0.25) is 11.5 Å². The number of para-hydroxylation sites is 1. The van der Waals surface area contributed by atoms with Crippen LogP contribution in [0.2, 0.25) is 0 Å². The van der Waals surface area contributed by atoms with Crippen LogP contribution in [-0.4, -0.2) is 36.4 Å². The van der Waals surface area contributed by atoms with E-state index < -0.39 is 5.91 Å². The summed E-state index contributed by atoms with van der Waals surface area (Å²) in [6.07, 6.45) is 0. The highest BCUT2D eigenvalue weighted by Gasteiger charge is 2.15. The van der Waals surface area contributed by atoms with Gasteiger partial charge in [0.05, 0.1) is 7.11 Å². The number of nitrogens with one attached hydrogen (secondary N) is 2. The molecule has 0 atom stereocenters. The predicted molar refractivity (Wildman–Crippen MR) is 107 cm³/mol. The van der Waals surface area contributed by atoms with Gasteiger partial charge in [-0.05, 0) is 21.9 Å². The molecule has 0 aliphatic carbocycles. The number of hydrogen-bond acceptors (Lipinski definition) is 8. The first-order valence-corrected chi connectivity index (χ1v) is 9.08. The Hall–Kier alpha value is -3.30. The predicted octanol–water partition coefficient (Wildman–Crippen LogP) is -1.24. The van der Waals surface area contributed by atoms with Gasteiger partial charge in [-0.2, -0.15) is 0 Å². The first-order chi connectivity index (χ1) is 14.2. The summed E-state index contributed by atoms with van der Waals surface area (Å²) in [7, 11) is 1.61. The van der Waals surface area contributed by atoms with Crippen molar-refractivity contribution in [3.05, 3.63) is 65.4 Å². The van der Waals surface area contributed by atoms with E-state index in [0.29, 0.717) is 37.7 Å². The molecule has 10 heteroatoms. The summed E-state index contributed by atoms with van der Waals surface area (Å²) in [5, 5.41) is 12.8. The molecule has 2 aromatic carbocycles. The largest absolute Gasteiger partial charge is 1.00 e. The van der Waals surface area contributed by atoms with E-state index in [4.69, 9.17) is 15.2 Å². The molecular formula is C20H23ClN5O4-. The number of nitrogen functional groups attached to an aromatic ring is 1. The van der Waals surface area contributed by atoms with Crippen molar-refractivity contribution in [1.82, 2.24) is 20.9 Å². The molecule has 0 bridgehead atoms. The number of benzene rings is 2. The first kappa shape index (κ1) is 23.0. The van der Waals surface area contributed by atoms with E-state index in [-0.39, 0.29) is 23.9 Å². The number of carbonyl (C=O) groups is 1. The molecule has 0 aliphatic rings. The average Bonchev–Trinajstić information content (AvgIpc) is 3.18. The molecule has 0 aliphatic heterocycles. The fourth-order valence-electron chi connectivity index (χ4n) is 2.68. The molecule has 1 aromatic heterocycles. The number of carbonyl (C=O) groups excluding carboxylic acids is 1. The first-order valence-electron chi connectivity index (χ1n) is 9.08. The zero-order chi connectivity index (χ0) is 20.5. The van der Waals surface area contributed by atoms with Crippen molar-refractivity contribution in [3.8, 4) is 11.5 Å². The van der Waals surface area contributed by atoms with Gasteiger partial charge >= 0.3 is 0 Å². The van der Waals surface area contributed by atoms with Crippen molar-refractivity contribution in [2.75, 3.05) is 25.9 Å². The molecule has 0 fully saturated rings. The van der Waals surface area contributed by atoms with Crippen LogP contribution in [0.3, 0.4) is 0 Å². The van der Waals surface area contributed by atoms with Crippen molar-refractivity contribution in [2.45, 2.75) is 13.2 Å². The van der Waals surface area contributed by atoms with Gasteiger partial charge in [0.1, 0.15) is 6.61 Å². The van der Waals surface area contributed by atoms with Crippen molar-refractivity contribution >= 4 is 11.7 Å². The normalized spacial score (nSPS) is 10.2. The van der Waals surface area contributed by atoms with Crippen LogP contribution in [0.1, 0.15) is 21.6 Å². The molecule has 3 aromatic rings. The fraction of sp³-hybridized carbons (Fsp3) is 0.250. The number of hydrogen-bond donors (Lipinski definition) is 3. The van der Waals surface area contributed by atoms with Gasteiger partial charge in [0, 0.05) is 25.2 Å². The lowest BCUT2D eigenvalue weighted by Gasteiger charge is -2.16. The Balaban J connectivity index is 0.00000320. The molecule has 1 amide bonds. The minimum atomic E-state index is -0.432. The zero-order valence-electron chi connectivity index (χ0n) is 16.4. The topological polar surface area (TPSA) is 125 Å². The van der Waals surface area contributed by atoms with Crippen LogP contribution in [0.25, 0.3) is 0 Å². The Morgan fingerprint density at radius 2 is 1.90 bits per heavy atom. The van der Waals surface area contributed by atoms with Crippen LogP contribution >= 0.6 is 0 Å². The second-order valence-corrected chi connectivity index (χ2v) is 6.15. The molecule has 4 N–H and O–H groups in total. The lowest BCUT2D eigenvalue weighted by molar-refractivity contribution is -0.0000153. The molecule has 9 nitrogen and oxygen atoms in total. The molecule has 0 unspecified atom stereocenters. The van der Waals surface area contributed by atoms with Crippen molar-refractivity contribution in [2.24, 2.45) is 0 Å². The zero-order valence-corrected chi connectivity index (χ0v) is 17.2. The summed E-state index contributed by atoms with van der Waals surface area (Å²) in [4.78, 5) is 11.9. The van der Waals surface area contributed by atoms with Gasteiger partial charge in [0.15, 0.2) is 11.5 Å². The van der Waals surface area contributed by atoms with Crippen LogP contribution in [0.5, 0.6) is 11.5 Å². The van der Waals surface area contributed by atoms with Crippen molar-refractivity contribution in [3.63, 3.8) is 0 Å². The molecule has 1 heterocycles. The average molecular weight is 433 g/mol. The van der Waals surface area contributed by atoms with Crippen molar-refractivity contribution < 1.29 is 31.3 Å². The highest BCUT2D eigenvalue weighted by Crippen LogP contribution is 2.31. The summed E-state index contributed by atoms with van der Waals surface area (Å²) >= 11 is 0. The molecule has 160 valence electrons. The maximum Gasteiger partial charge on any atom is 0.277 e. The molecule has 0 radical (unpaired) electrons. The smallest absolute Gasteiger partial charge is 0.277 e. The molecule has 3 rings (SSSR count). The van der Waals surface area contributed by atoms with Crippen LogP contribution in [0.15, 0.2) is 53.2 Å². The number of ether oxygens (including phenoxy) is 2. The number of nitrogens with two attached hydrogens (primary N) is 1. The third-order valence-corrected chi connectivity index (χ3v) is 4.14. The van der Waals surface area contributed by atoms with Gasteiger partial charge in [-0.25, -0.2) is 4.63 Å². The van der Waals surface area contributed by atoms with Gasteiger partial charge in [-0.3, -0.25) is 4.79 Å². The number of rotatable bonds is 10. The number of methoxy groups -OCH3 is 1. The van der Waals surface area contributed by atoms with Crippen LogP contribution < -0.4 is 38.2 Å². The Bertz CT molecular complexity index is 936. The number of anilines is 1. The van der Waals surface area contributed by atoms with Crippen molar-refractivity contribution in [1.29, 1.82) is 0 Å². The van der Waals surface area contributed by atoms with Gasteiger partial charge in [-0.15, -0.1) is 0 Å². The summed E-state index contributed by atoms with van der Waals surface area (Å²) < 4.78 is 15.9. The third-order valence-electron chi connectivity index (χ3n) is 4.14. The molecule has 0 spiro atoms. The van der Waals surface area contributed by atoms with Crippen LogP contribution in [0.4, 0.5) is 5.82 Å². The standard InChI is InChI=1S/C20H23N5O4.ClH/c1-27-16-9-5-8-15(18(16)28-13-14-6-3-2-4-7-14)12-22-10-11-23-20(26)17-19(21)25-29-24-17;/h2-9,22H,10-13H2,1H3,(H2,21,25)(H,23,26);1H/p-1. The van der Waals surface area contributed by atoms with E-state index >= 15 is 0 Å². The number of amides is 1. The highest BCUT2D eigenvalue weighted by atomic mass is 35.5. The van der Waals surface area contributed by atoms with E-state index in [1.165, 1.54) is 0 Å². The summed E-state index contributed by atoms with van der Waals surface area (Å²) in [5.41, 5.74) is 7.50. The lowest BCUT2D eigenvalue weighted by atomic mass is 10.1. The maximum absolute atomic E-state index is 11.9. The second kappa shape index (κ2) is 11.6. The quantitative estimate of drug-likeness (QED) is 0.340. The highest BCUT2D eigenvalue weighted by molar-refractivity contribution is 5.95. The molecule has 0 saturated heterocycles. The molecule has 30 heavy (non-hydrogen) atoms. The lowest BCUT2D eigenvalue weighted by Crippen LogP contribution is -3.00. The number of halogens is 1. The monoisotopic (exact) mass is 432 g/mol. The van der Waals surface area contributed by atoms with Gasteiger partial charge < -0.3 is 38.2 Å². The van der Waals surface area contributed by atoms with Gasteiger partial charge in [-0.1, -0.05) is 42.5 Å². The van der Waals surface area contributed by atoms with E-state index in [1.54, 1.807) is 7.11 Å². The minimum Gasteiger partial charge on any atom is -1.00 e. The number of nitrogens with zero attached hydrogens (tertiary/aromatic N) is 2. The van der Waals surface area contributed by atoms with Gasteiger partial charge in [0.25, 0.3) is 5.91 Å². The summed E-state index contributed by atoms with van der Waals surface area (Å²) in [6.45, 7) is 1.91. The fourth-order valence-corrected chi connectivity index (χ4v) is 2.68. The van der Waals surface area contributed by atoms with E-state index in [9.17, 15) is 4.79 Å². The van der Waals surface area contributed by atoms with Crippen LogP contribution in [-0.2, 0) is 13.2 Å². The SMILES string of the molecule is COc1cccc(CNCCNC(=O)c2nonc2N)c1OCc1ccccc1.[Cl-]. The second-order valence-electron chi connectivity index (χ2n) is 6.15. The van der Waals surface area contributed by atoms with Crippen LogP contribution in [0, 0.1) is 0 Å². The minimum absolute atomic E-state index is 0. The Labute approximate surface area is 180 Å². The van der Waals surface area contributed by atoms with E-state index in [2.05, 4.69) is 25.6 Å². The van der Waals surface area contributed by atoms with E-state index in [1.807, 2.05) is 48.5 Å². The Morgan fingerprint density at radius 1 is 1.10 bits per heavy atom. The summed E-state index contributed by atoms with van der Waals surface area (Å²) in [6, 6.07) is 15.7. The Morgan fingerprint density at radius 3 is 2.60 bits per heavy atom. The Kier molecular flexibility index (Phi) is 8.92.